The van der Waals surface area contributed by atoms with E-state index in [-0.39, 0.29) is 0 Å². The highest BCUT2D eigenvalue weighted by molar-refractivity contribution is 8.17. The summed E-state index contributed by atoms with van der Waals surface area (Å²) in [5.41, 5.74) is 0. The maximum Gasteiger partial charge on any atom is 0.222 e. The molecule has 0 aromatic heterocycles. The Morgan fingerprint density at radius 1 is 1.29 bits per heavy atom. The van der Waals surface area contributed by atoms with Gasteiger partial charge in [0.2, 0.25) is 5.91 Å². The van der Waals surface area contributed by atoms with E-state index in [4.69, 9.17) is 0 Å². The minimum Gasteiger partial charge on any atom is -0.346 e. The van der Waals surface area contributed by atoms with Crippen molar-refractivity contribution in [1.29, 1.82) is 0 Å². The molecule has 0 aliphatic carbocycles. The van der Waals surface area contributed by atoms with Gasteiger partial charge in [-0.25, -0.2) is 0 Å². The summed E-state index contributed by atoms with van der Waals surface area (Å²) in [6, 6.07) is 0. The molecule has 0 radical (unpaired) electrons. The SMILES string of the molecule is CC1SCCCS1.CN1CCCC1=O. The largest absolute Gasteiger partial charge is 0.346 e. The molecular formula is C10H19NOS2. The van der Waals surface area contributed by atoms with Crippen LogP contribution in [0.2, 0.25) is 0 Å². The zero-order valence-electron chi connectivity index (χ0n) is 8.99. The van der Waals surface area contributed by atoms with Crippen LogP contribution < -0.4 is 0 Å². The van der Waals surface area contributed by atoms with Crippen molar-refractivity contribution < 1.29 is 4.79 Å². The van der Waals surface area contributed by atoms with Gasteiger partial charge >= 0.3 is 0 Å². The normalized spacial score (nSPS) is 23.3. The molecule has 0 aromatic rings. The molecule has 0 spiro atoms. The van der Waals surface area contributed by atoms with Gasteiger partial charge in [-0.2, -0.15) is 0 Å². The first-order valence-electron chi connectivity index (χ1n) is 5.17. The van der Waals surface area contributed by atoms with Crippen LogP contribution in [-0.2, 0) is 4.79 Å². The highest BCUT2D eigenvalue weighted by Gasteiger charge is 2.14. The van der Waals surface area contributed by atoms with Crippen LogP contribution >= 0.6 is 23.5 Å². The Labute approximate surface area is 95.2 Å². The van der Waals surface area contributed by atoms with Gasteiger partial charge in [-0.05, 0) is 31.3 Å². The predicted molar refractivity (Wildman–Crippen MR) is 65.9 cm³/mol. The second-order valence-corrected chi connectivity index (χ2v) is 6.78. The molecule has 0 saturated carbocycles. The van der Waals surface area contributed by atoms with Crippen molar-refractivity contribution in [3.63, 3.8) is 0 Å². The molecule has 14 heavy (non-hydrogen) atoms. The maximum atomic E-state index is 10.5. The van der Waals surface area contributed by atoms with Crippen molar-refractivity contribution in [1.82, 2.24) is 4.90 Å². The summed E-state index contributed by atoms with van der Waals surface area (Å²) in [5.74, 6) is 3.06. The van der Waals surface area contributed by atoms with E-state index in [1.165, 1.54) is 17.9 Å². The van der Waals surface area contributed by atoms with E-state index in [2.05, 4.69) is 30.4 Å². The Hall–Kier alpha value is 0.170. The predicted octanol–water partition coefficient (Wildman–Crippen LogP) is 2.44. The van der Waals surface area contributed by atoms with Crippen molar-refractivity contribution in [3.05, 3.63) is 0 Å². The fourth-order valence-electron chi connectivity index (χ4n) is 1.39. The lowest BCUT2D eigenvalue weighted by Gasteiger charge is -2.15. The number of carbonyl (C=O) groups is 1. The Morgan fingerprint density at radius 3 is 2.14 bits per heavy atom. The fraction of sp³-hybridized carbons (Fsp3) is 0.900. The first-order chi connectivity index (χ1) is 6.70. The van der Waals surface area contributed by atoms with E-state index in [1.54, 1.807) is 4.90 Å². The molecule has 0 aromatic carbocycles. The standard InChI is InChI=1S/C5H9NO.C5H10S2/c1-6-4-2-3-5(6)7;1-5-6-3-2-4-7-5/h2-4H2,1H3;5H,2-4H2,1H3. The smallest absolute Gasteiger partial charge is 0.222 e. The zero-order chi connectivity index (χ0) is 10.4. The van der Waals surface area contributed by atoms with E-state index in [1.807, 2.05) is 7.05 Å². The maximum absolute atomic E-state index is 10.5. The Bertz CT molecular complexity index is 181. The van der Waals surface area contributed by atoms with Crippen molar-refractivity contribution >= 4 is 29.4 Å². The summed E-state index contributed by atoms with van der Waals surface area (Å²) in [6.45, 7) is 3.24. The molecule has 1 amide bonds. The summed E-state index contributed by atoms with van der Waals surface area (Å²) in [7, 11) is 1.84. The van der Waals surface area contributed by atoms with E-state index < -0.39 is 0 Å². The molecule has 0 N–H and O–H groups in total. The molecule has 2 rings (SSSR count). The van der Waals surface area contributed by atoms with E-state index in [0.717, 1.165) is 24.0 Å². The minimum absolute atomic E-state index is 0.292. The van der Waals surface area contributed by atoms with Gasteiger partial charge in [0.1, 0.15) is 0 Å². The number of likely N-dealkylation sites (tertiary alicyclic amines) is 1. The number of amides is 1. The van der Waals surface area contributed by atoms with Gasteiger partial charge in [0.05, 0.1) is 0 Å². The molecule has 2 nitrogen and oxygen atoms in total. The highest BCUT2D eigenvalue weighted by Crippen LogP contribution is 2.29. The Morgan fingerprint density at radius 2 is 1.93 bits per heavy atom. The van der Waals surface area contributed by atoms with Crippen LogP contribution in [0.4, 0.5) is 0 Å². The molecule has 2 heterocycles. The minimum atomic E-state index is 0.292. The zero-order valence-corrected chi connectivity index (χ0v) is 10.6. The van der Waals surface area contributed by atoms with Gasteiger partial charge in [0, 0.05) is 24.6 Å². The highest BCUT2D eigenvalue weighted by atomic mass is 32.2. The van der Waals surface area contributed by atoms with E-state index >= 15 is 0 Å². The molecule has 0 atom stereocenters. The van der Waals surface area contributed by atoms with Gasteiger partial charge in [-0.15, -0.1) is 23.5 Å². The summed E-state index contributed by atoms with van der Waals surface area (Å²) < 4.78 is 0.869. The number of hydrogen-bond donors (Lipinski definition) is 0. The molecule has 2 aliphatic rings. The third-order valence-electron chi connectivity index (χ3n) is 2.30. The van der Waals surface area contributed by atoms with Crippen molar-refractivity contribution in [2.45, 2.75) is 30.8 Å². The van der Waals surface area contributed by atoms with Gasteiger partial charge in [-0.1, -0.05) is 0 Å². The van der Waals surface area contributed by atoms with Crippen molar-refractivity contribution in [2.75, 3.05) is 25.1 Å². The number of rotatable bonds is 0. The first kappa shape index (κ1) is 12.2. The molecule has 4 heteroatoms. The van der Waals surface area contributed by atoms with Gasteiger partial charge in [-0.3, -0.25) is 4.79 Å². The topological polar surface area (TPSA) is 20.3 Å². The quantitative estimate of drug-likeness (QED) is 0.641. The van der Waals surface area contributed by atoms with Crippen LogP contribution in [0.3, 0.4) is 0 Å². The van der Waals surface area contributed by atoms with Crippen LogP contribution in [0.25, 0.3) is 0 Å². The second kappa shape index (κ2) is 6.62. The summed E-state index contributed by atoms with van der Waals surface area (Å²) in [4.78, 5) is 12.3. The second-order valence-electron chi connectivity index (χ2n) is 3.58. The average molecular weight is 233 g/mol. The summed E-state index contributed by atoms with van der Waals surface area (Å²) in [6.07, 6.45) is 3.23. The fourth-order valence-corrected chi connectivity index (χ4v) is 3.82. The number of carbonyl (C=O) groups excluding carboxylic acids is 1. The van der Waals surface area contributed by atoms with Gasteiger partial charge < -0.3 is 4.90 Å². The van der Waals surface area contributed by atoms with Crippen LogP contribution in [0, 0.1) is 0 Å². The lowest BCUT2D eigenvalue weighted by Crippen LogP contribution is -2.17. The molecule has 0 bridgehead atoms. The van der Waals surface area contributed by atoms with E-state index in [0.29, 0.717) is 5.91 Å². The Balaban J connectivity index is 0.000000140. The lowest BCUT2D eigenvalue weighted by atomic mass is 10.4. The third kappa shape index (κ3) is 4.60. The first-order valence-corrected chi connectivity index (χ1v) is 7.27. The van der Waals surface area contributed by atoms with Crippen LogP contribution in [0.1, 0.15) is 26.2 Å². The molecule has 0 unspecified atom stereocenters. The van der Waals surface area contributed by atoms with Gasteiger partial charge in [0.15, 0.2) is 0 Å². The summed E-state index contributed by atoms with van der Waals surface area (Å²) in [5, 5.41) is 0. The monoisotopic (exact) mass is 233 g/mol. The lowest BCUT2D eigenvalue weighted by molar-refractivity contribution is -0.126. The van der Waals surface area contributed by atoms with E-state index in [9.17, 15) is 4.79 Å². The molecular weight excluding hydrogens is 214 g/mol. The Kier molecular flexibility index (Phi) is 5.78. The van der Waals surface area contributed by atoms with Crippen molar-refractivity contribution in [2.24, 2.45) is 0 Å². The third-order valence-corrected chi connectivity index (χ3v) is 5.11. The molecule has 2 saturated heterocycles. The van der Waals surface area contributed by atoms with Gasteiger partial charge in [0.25, 0.3) is 0 Å². The molecule has 2 aliphatic heterocycles. The van der Waals surface area contributed by atoms with Crippen LogP contribution in [0.15, 0.2) is 0 Å². The molecule has 82 valence electrons. The van der Waals surface area contributed by atoms with Crippen molar-refractivity contribution in [3.8, 4) is 0 Å². The molecule has 2 fully saturated rings. The van der Waals surface area contributed by atoms with Crippen LogP contribution in [0.5, 0.6) is 0 Å². The summed E-state index contributed by atoms with van der Waals surface area (Å²) >= 11 is 4.16. The average Bonchev–Trinajstić information content (AvgIpc) is 2.53. The number of thioether (sulfide) groups is 2. The number of hydrogen-bond acceptors (Lipinski definition) is 3. The number of nitrogens with zero attached hydrogens (tertiary/aromatic N) is 1. The van der Waals surface area contributed by atoms with Crippen LogP contribution in [-0.4, -0.2) is 40.5 Å².